The molecule has 1 atom stereocenters. The Morgan fingerprint density at radius 1 is 1.20 bits per heavy atom. The van der Waals surface area contributed by atoms with Crippen molar-refractivity contribution in [2.45, 2.75) is 38.8 Å². The molecule has 2 aromatic heterocycles. The fourth-order valence-electron chi connectivity index (χ4n) is 3.52. The van der Waals surface area contributed by atoms with Crippen LogP contribution in [0.3, 0.4) is 0 Å². The lowest BCUT2D eigenvalue weighted by atomic mass is 10.2. The molecule has 156 valence electrons. The largest absolute Gasteiger partial charge is 0.357 e. The topological polar surface area (TPSA) is 88.8 Å². The van der Waals surface area contributed by atoms with E-state index in [1.54, 1.807) is 18.3 Å². The molecule has 1 aliphatic rings. The average molecular weight is 426 g/mol. The average Bonchev–Trinajstić information content (AvgIpc) is 3.46. The Morgan fingerprint density at radius 2 is 1.97 bits per heavy atom. The zero-order valence-corrected chi connectivity index (χ0v) is 17.6. The smallest absolute Gasteiger partial charge is 0.247 e. The Balaban J connectivity index is 1.41. The molecule has 3 heterocycles. The van der Waals surface area contributed by atoms with Crippen LogP contribution in [0.4, 0.5) is 5.82 Å². The molecule has 1 amide bonds. The minimum absolute atomic E-state index is 0.142. The zero-order valence-electron chi connectivity index (χ0n) is 16.8. The molecule has 0 radical (unpaired) electrons. The van der Waals surface area contributed by atoms with E-state index >= 15 is 0 Å². The number of pyridine rings is 1. The summed E-state index contributed by atoms with van der Waals surface area (Å²) in [6, 6.07) is 10.6. The van der Waals surface area contributed by atoms with E-state index < -0.39 is 6.04 Å². The van der Waals surface area contributed by atoms with Gasteiger partial charge in [0.15, 0.2) is 6.04 Å². The van der Waals surface area contributed by atoms with Gasteiger partial charge in [-0.15, -0.1) is 10.2 Å². The number of benzene rings is 1. The SMILES string of the molecule is CC[C@@H](C(=O)NCc1ccnc(N2CCCC2)c1)n1nnc(-c2ccc(Cl)cc2)n1. The molecular formula is C21H24ClN7O. The minimum atomic E-state index is -0.529. The molecule has 0 spiro atoms. The van der Waals surface area contributed by atoms with Gasteiger partial charge >= 0.3 is 0 Å². The molecule has 8 nitrogen and oxygen atoms in total. The Bertz CT molecular complexity index is 999. The maximum Gasteiger partial charge on any atom is 0.247 e. The molecule has 30 heavy (non-hydrogen) atoms. The molecule has 9 heteroatoms. The normalized spacial score (nSPS) is 14.7. The summed E-state index contributed by atoms with van der Waals surface area (Å²) < 4.78 is 0. The van der Waals surface area contributed by atoms with Crippen molar-refractivity contribution in [3.8, 4) is 11.4 Å². The second-order valence-corrected chi connectivity index (χ2v) is 7.74. The van der Waals surface area contributed by atoms with Gasteiger partial charge in [-0.05, 0) is 66.4 Å². The van der Waals surface area contributed by atoms with E-state index in [0.29, 0.717) is 23.8 Å². The first kappa shape index (κ1) is 20.3. The highest BCUT2D eigenvalue weighted by Crippen LogP contribution is 2.20. The Labute approximate surface area is 180 Å². The van der Waals surface area contributed by atoms with E-state index in [0.717, 1.165) is 30.0 Å². The molecule has 3 aromatic rings. The number of amides is 1. The molecule has 1 saturated heterocycles. The number of nitrogens with zero attached hydrogens (tertiary/aromatic N) is 6. The van der Waals surface area contributed by atoms with Crippen molar-refractivity contribution in [1.29, 1.82) is 0 Å². The predicted octanol–water partition coefficient (Wildman–Crippen LogP) is 3.26. The first-order valence-corrected chi connectivity index (χ1v) is 10.5. The first-order chi connectivity index (χ1) is 14.6. The highest BCUT2D eigenvalue weighted by atomic mass is 35.5. The summed E-state index contributed by atoms with van der Waals surface area (Å²) in [5.74, 6) is 1.29. The lowest BCUT2D eigenvalue weighted by Gasteiger charge is -2.17. The highest BCUT2D eigenvalue weighted by Gasteiger charge is 2.22. The van der Waals surface area contributed by atoms with Crippen LogP contribution in [0.15, 0.2) is 42.6 Å². The standard InChI is InChI=1S/C21H24ClN7O/c1-2-18(29-26-20(25-27-29)16-5-7-17(22)8-6-16)21(30)24-14-15-9-10-23-19(13-15)28-11-3-4-12-28/h5-10,13,18H,2-4,11-12,14H2,1H3,(H,24,30)/t18-/m0/s1. The maximum atomic E-state index is 12.8. The van der Waals surface area contributed by atoms with Crippen LogP contribution in [0.2, 0.25) is 5.02 Å². The van der Waals surface area contributed by atoms with E-state index in [4.69, 9.17) is 11.6 Å². The van der Waals surface area contributed by atoms with Gasteiger partial charge < -0.3 is 10.2 Å². The first-order valence-electron chi connectivity index (χ1n) is 10.2. The van der Waals surface area contributed by atoms with Crippen LogP contribution in [0, 0.1) is 0 Å². The third-order valence-electron chi connectivity index (χ3n) is 5.21. The lowest BCUT2D eigenvalue weighted by Crippen LogP contribution is -2.33. The van der Waals surface area contributed by atoms with Crippen molar-refractivity contribution in [3.05, 3.63) is 53.2 Å². The molecule has 1 aliphatic heterocycles. The van der Waals surface area contributed by atoms with Gasteiger partial charge in [-0.1, -0.05) is 18.5 Å². The van der Waals surface area contributed by atoms with Crippen molar-refractivity contribution in [2.75, 3.05) is 18.0 Å². The second-order valence-electron chi connectivity index (χ2n) is 7.30. The van der Waals surface area contributed by atoms with Crippen LogP contribution in [-0.4, -0.2) is 44.2 Å². The Morgan fingerprint density at radius 3 is 2.70 bits per heavy atom. The zero-order chi connectivity index (χ0) is 20.9. The number of nitrogens with one attached hydrogen (secondary N) is 1. The van der Waals surface area contributed by atoms with Crippen LogP contribution >= 0.6 is 11.6 Å². The summed E-state index contributed by atoms with van der Waals surface area (Å²) in [4.78, 5) is 20.9. The Kier molecular flexibility index (Phi) is 6.23. The number of hydrogen-bond acceptors (Lipinski definition) is 6. The third kappa shape index (κ3) is 4.59. The van der Waals surface area contributed by atoms with Gasteiger partial charge in [0.25, 0.3) is 0 Å². The van der Waals surface area contributed by atoms with E-state index in [2.05, 4.69) is 30.6 Å². The number of rotatable bonds is 7. The molecule has 0 bridgehead atoms. The van der Waals surface area contributed by atoms with Crippen molar-refractivity contribution in [2.24, 2.45) is 0 Å². The van der Waals surface area contributed by atoms with Crippen molar-refractivity contribution < 1.29 is 4.79 Å². The van der Waals surface area contributed by atoms with Crippen LogP contribution in [0.1, 0.15) is 37.8 Å². The fourth-order valence-corrected chi connectivity index (χ4v) is 3.65. The van der Waals surface area contributed by atoms with Crippen LogP contribution in [-0.2, 0) is 11.3 Å². The van der Waals surface area contributed by atoms with Crippen molar-refractivity contribution >= 4 is 23.3 Å². The number of carbonyl (C=O) groups is 1. The van der Waals surface area contributed by atoms with Gasteiger partial charge in [0.1, 0.15) is 5.82 Å². The molecule has 1 fully saturated rings. The molecule has 0 unspecified atom stereocenters. The van der Waals surface area contributed by atoms with Crippen molar-refractivity contribution in [1.82, 2.24) is 30.5 Å². The van der Waals surface area contributed by atoms with Gasteiger partial charge in [0.05, 0.1) is 0 Å². The lowest BCUT2D eigenvalue weighted by molar-refractivity contribution is -0.125. The number of anilines is 1. The molecule has 4 rings (SSSR count). The fraction of sp³-hybridized carbons (Fsp3) is 0.381. The molecule has 0 aliphatic carbocycles. The van der Waals surface area contributed by atoms with Crippen LogP contribution < -0.4 is 10.2 Å². The summed E-state index contributed by atoms with van der Waals surface area (Å²) in [5, 5.41) is 16.2. The summed E-state index contributed by atoms with van der Waals surface area (Å²) in [5.41, 5.74) is 1.82. The highest BCUT2D eigenvalue weighted by molar-refractivity contribution is 6.30. The predicted molar refractivity (Wildman–Crippen MR) is 115 cm³/mol. The summed E-state index contributed by atoms with van der Waals surface area (Å²) >= 11 is 5.93. The molecule has 0 saturated carbocycles. The number of tetrazole rings is 1. The number of aromatic nitrogens is 5. The van der Waals surface area contributed by atoms with E-state index in [-0.39, 0.29) is 5.91 Å². The summed E-state index contributed by atoms with van der Waals surface area (Å²) in [7, 11) is 0. The van der Waals surface area contributed by atoms with Gasteiger partial charge in [0, 0.05) is 36.4 Å². The van der Waals surface area contributed by atoms with E-state index in [9.17, 15) is 4.79 Å². The van der Waals surface area contributed by atoms with Crippen LogP contribution in [0.25, 0.3) is 11.4 Å². The van der Waals surface area contributed by atoms with E-state index in [1.807, 2.05) is 31.2 Å². The Hall–Kier alpha value is -3.00. The van der Waals surface area contributed by atoms with Gasteiger partial charge in [-0.2, -0.15) is 4.80 Å². The van der Waals surface area contributed by atoms with Gasteiger partial charge in [-0.25, -0.2) is 4.98 Å². The van der Waals surface area contributed by atoms with Gasteiger partial charge in [-0.3, -0.25) is 4.79 Å². The second kappa shape index (κ2) is 9.21. The monoisotopic (exact) mass is 425 g/mol. The third-order valence-corrected chi connectivity index (χ3v) is 5.46. The number of halogens is 1. The van der Waals surface area contributed by atoms with E-state index in [1.165, 1.54) is 17.6 Å². The maximum absolute atomic E-state index is 12.8. The molecule has 1 aromatic carbocycles. The van der Waals surface area contributed by atoms with Crippen molar-refractivity contribution in [3.63, 3.8) is 0 Å². The van der Waals surface area contributed by atoms with Crippen LogP contribution in [0.5, 0.6) is 0 Å². The number of carbonyl (C=O) groups excluding carboxylic acids is 1. The summed E-state index contributed by atoms with van der Waals surface area (Å²) in [6.07, 6.45) is 4.74. The van der Waals surface area contributed by atoms with Gasteiger partial charge in [0.2, 0.25) is 11.7 Å². The molecule has 1 N–H and O–H groups in total. The quantitative estimate of drug-likeness (QED) is 0.625. The number of hydrogen-bond donors (Lipinski definition) is 1. The molecular weight excluding hydrogens is 402 g/mol. The summed E-state index contributed by atoms with van der Waals surface area (Å²) in [6.45, 7) is 4.42. The minimum Gasteiger partial charge on any atom is -0.357 e.